The SMILES string of the molecule is CC(CCCC(=O)O)NC(=O)NC1CCC(=O)N(C)C1. The molecule has 3 amide bonds. The molecule has 1 rings (SSSR count). The van der Waals surface area contributed by atoms with E-state index in [1.165, 1.54) is 0 Å². The van der Waals surface area contributed by atoms with Gasteiger partial charge in [0.05, 0.1) is 0 Å². The summed E-state index contributed by atoms with van der Waals surface area (Å²) in [7, 11) is 1.72. The Balaban J connectivity index is 2.22. The minimum Gasteiger partial charge on any atom is -0.481 e. The highest BCUT2D eigenvalue weighted by Gasteiger charge is 2.24. The van der Waals surface area contributed by atoms with Crippen LogP contribution in [0.25, 0.3) is 0 Å². The van der Waals surface area contributed by atoms with E-state index in [2.05, 4.69) is 10.6 Å². The number of carboxylic acid groups (broad SMARTS) is 1. The van der Waals surface area contributed by atoms with Crippen LogP contribution in [-0.2, 0) is 9.59 Å². The van der Waals surface area contributed by atoms with E-state index in [0.29, 0.717) is 32.2 Å². The van der Waals surface area contributed by atoms with Gasteiger partial charge in [-0.3, -0.25) is 9.59 Å². The van der Waals surface area contributed by atoms with Gasteiger partial charge in [0.15, 0.2) is 0 Å². The number of rotatable bonds is 6. The summed E-state index contributed by atoms with van der Waals surface area (Å²) in [5.41, 5.74) is 0. The second kappa shape index (κ2) is 7.72. The molecule has 0 radical (unpaired) electrons. The molecule has 1 heterocycles. The molecule has 0 aromatic heterocycles. The van der Waals surface area contributed by atoms with Gasteiger partial charge in [-0.2, -0.15) is 0 Å². The summed E-state index contributed by atoms with van der Waals surface area (Å²) in [6, 6.07) is -0.359. The van der Waals surface area contributed by atoms with Gasteiger partial charge in [0.1, 0.15) is 0 Å². The number of hydrogen-bond donors (Lipinski definition) is 3. The Hall–Kier alpha value is -1.79. The van der Waals surface area contributed by atoms with Crippen molar-refractivity contribution < 1.29 is 19.5 Å². The van der Waals surface area contributed by atoms with E-state index in [4.69, 9.17) is 5.11 Å². The van der Waals surface area contributed by atoms with Gasteiger partial charge in [-0.15, -0.1) is 0 Å². The molecule has 7 heteroatoms. The van der Waals surface area contributed by atoms with Gasteiger partial charge in [-0.05, 0) is 26.2 Å². The lowest BCUT2D eigenvalue weighted by Crippen LogP contribution is -2.52. The molecule has 0 aromatic rings. The standard InChI is InChI=1S/C13H23N3O4/c1-9(4-3-5-12(18)19)14-13(20)15-10-6-7-11(17)16(2)8-10/h9-10H,3-8H2,1-2H3,(H,18,19)(H2,14,15,20). The second-order valence-electron chi connectivity index (χ2n) is 5.31. The maximum atomic E-state index is 11.8. The zero-order valence-electron chi connectivity index (χ0n) is 12.0. The minimum atomic E-state index is -0.823. The van der Waals surface area contributed by atoms with E-state index in [1.807, 2.05) is 6.92 Å². The Morgan fingerprint density at radius 2 is 2.20 bits per heavy atom. The van der Waals surface area contributed by atoms with Crippen LogP contribution in [-0.4, -0.2) is 53.6 Å². The summed E-state index contributed by atoms with van der Waals surface area (Å²) >= 11 is 0. The van der Waals surface area contributed by atoms with Crippen molar-refractivity contribution in [3.05, 3.63) is 0 Å². The number of piperidine rings is 1. The minimum absolute atomic E-state index is 0.0241. The van der Waals surface area contributed by atoms with Gasteiger partial charge in [0, 0.05) is 38.5 Å². The number of amides is 3. The highest BCUT2D eigenvalue weighted by Crippen LogP contribution is 2.09. The number of urea groups is 1. The number of nitrogens with zero attached hydrogens (tertiary/aromatic N) is 1. The maximum Gasteiger partial charge on any atom is 0.315 e. The molecule has 0 spiro atoms. The van der Waals surface area contributed by atoms with Gasteiger partial charge in [0.2, 0.25) is 5.91 Å². The zero-order valence-corrected chi connectivity index (χ0v) is 12.0. The first kappa shape index (κ1) is 16.3. The first-order valence-electron chi connectivity index (χ1n) is 6.91. The lowest BCUT2D eigenvalue weighted by molar-refractivity contribution is -0.137. The quantitative estimate of drug-likeness (QED) is 0.663. The Labute approximate surface area is 118 Å². The molecular weight excluding hydrogens is 262 g/mol. The lowest BCUT2D eigenvalue weighted by atomic mass is 10.1. The van der Waals surface area contributed by atoms with Gasteiger partial charge in [0.25, 0.3) is 0 Å². The van der Waals surface area contributed by atoms with Crippen LogP contribution in [0.2, 0.25) is 0 Å². The molecule has 114 valence electrons. The van der Waals surface area contributed by atoms with Gasteiger partial charge >= 0.3 is 12.0 Å². The molecule has 1 saturated heterocycles. The third kappa shape index (κ3) is 5.90. The van der Waals surface area contributed by atoms with Gasteiger partial charge in [-0.1, -0.05) is 0 Å². The van der Waals surface area contributed by atoms with Crippen LogP contribution in [0, 0.1) is 0 Å². The van der Waals surface area contributed by atoms with Crippen molar-refractivity contribution in [1.82, 2.24) is 15.5 Å². The predicted octanol–water partition coefficient (Wildman–Crippen LogP) is 0.550. The molecule has 1 fully saturated rings. The van der Waals surface area contributed by atoms with Crippen LogP contribution in [0.15, 0.2) is 0 Å². The van der Waals surface area contributed by atoms with Gasteiger partial charge < -0.3 is 20.6 Å². The van der Waals surface area contributed by atoms with Crippen molar-refractivity contribution in [2.75, 3.05) is 13.6 Å². The fourth-order valence-electron chi connectivity index (χ4n) is 2.21. The first-order chi connectivity index (χ1) is 9.38. The maximum absolute atomic E-state index is 11.8. The van der Waals surface area contributed by atoms with Crippen LogP contribution in [0.1, 0.15) is 39.0 Å². The Bertz CT molecular complexity index is 373. The average molecular weight is 285 g/mol. The molecule has 1 aliphatic heterocycles. The molecule has 1 aliphatic rings. The van der Waals surface area contributed by atoms with E-state index >= 15 is 0 Å². The monoisotopic (exact) mass is 285 g/mol. The molecule has 7 nitrogen and oxygen atoms in total. The number of carbonyl (C=O) groups is 3. The zero-order chi connectivity index (χ0) is 15.1. The molecule has 0 saturated carbocycles. The van der Waals surface area contributed by atoms with Gasteiger partial charge in [-0.25, -0.2) is 4.79 Å². The number of likely N-dealkylation sites (N-methyl/N-ethyl adjacent to an activating group) is 1. The molecule has 2 atom stereocenters. The molecule has 0 aromatic carbocycles. The smallest absolute Gasteiger partial charge is 0.315 e. The summed E-state index contributed by atoms with van der Waals surface area (Å²) in [6.45, 7) is 2.37. The number of carbonyl (C=O) groups excluding carboxylic acids is 2. The molecule has 0 aliphatic carbocycles. The van der Waals surface area contributed by atoms with Crippen molar-refractivity contribution in [3.63, 3.8) is 0 Å². The molecule has 2 unspecified atom stereocenters. The summed E-state index contributed by atoms with van der Waals surface area (Å²) in [4.78, 5) is 35.1. The van der Waals surface area contributed by atoms with E-state index in [1.54, 1.807) is 11.9 Å². The second-order valence-corrected chi connectivity index (χ2v) is 5.31. The van der Waals surface area contributed by atoms with Crippen LogP contribution < -0.4 is 10.6 Å². The van der Waals surface area contributed by atoms with E-state index in [0.717, 1.165) is 0 Å². The van der Waals surface area contributed by atoms with Crippen molar-refractivity contribution >= 4 is 17.9 Å². The van der Waals surface area contributed by atoms with E-state index in [9.17, 15) is 14.4 Å². The molecular formula is C13H23N3O4. The topological polar surface area (TPSA) is 98.7 Å². The summed E-state index contributed by atoms with van der Waals surface area (Å²) in [5.74, 6) is -0.720. The van der Waals surface area contributed by atoms with Crippen molar-refractivity contribution in [2.24, 2.45) is 0 Å². The largest absolute Gasteiger partial charge is 0.481 e. The fourth-order valence-corrected chi connectivity index (χ4v) is 2.21. The fraction of sp³-hybridized carbons (Fsp3) is 0.769. The highest BCUT2D eigenvalue weighted by atomic mass is 16.4. The van der Waals surface area contributed by atoms with Crippen LogP contribution in [0.3, 0.4) is 0 Å². The van der Waals surface area contributed by atoms with Crippen LogP contribution in [0.4, 0.5) is 4.79 Å². The molecule has 3 N–H and O–H groups in total. The third-order valence-corrected chi connectivity index (χ3v) is 3.37. The van der Waals surface area contributed by atoms with Crippen LogP contribution >= 0.6 is 0 Å². The Morgan fingerprint density at radius 1 is 1.50 bits per heavy atom. The Kier molecular flexibility index (Phi) is 6.27. The molecule has 20 heavy (non-hydrogen) atoms. The molecule has 0 bridgehead atoms. The summed E-state index contributed by atoms with van der Waals surface area (Å²) < 4.78 is 0. The van der Waals surface area contributed by atoms with Crippen molar-refractivity contribution in [3.8, 4) is 0 Å². The van der Waals surface area contributed by atoms with Crippen LogP contribution in [0.5, 0.6) is 0 Å². The number of likely N-dealkylation sites (tertiary alicyclic amines) is 1. The summed E-state index contributed by atoms with van der Waals surface area (Å²) in [6.07, 6.45) is 2.39. The lowest BCUT2D eigenvalue weighted by Gasteiger charge is -2.30. The first-order valence-corrected chi connectivity index (χ1v) is 6.91. The number of carboxylic acids is 1. The summed E-state index contributed by atoms with van der Waals surface area (Å²) in [5, 5.41) is 14.2. The number of nitrogens with one attached hydrogen (secondary N) is 2. The van der Waals surface area contributed by atoms with Crippen molar-refractivity contribution in [2.45, 2.75) is 51.1 Å². The third-order valence-electron chi connectivity index (χ3n) is 3.37. The average Bonchev–Trinajstić information content (AvgIpc) is 2.33. The van der Waals surface area contributed by atoms with Crippen molar-refractivity contribution in [1.29, 1.82) is 0 Å². The number of hydrogen-bond acceptors (Lipinski definition) is 3. The van der Waals surface area contributed by atoms with E-state index < -0.39 is 5.97 Å². The normalized spacial score (nSPS) is 20.4. The number of aliphatic carboxylic acids is 1. The predicted molar refractivity (Wildman–Crippen MR) is 73.3 cm³/mol. The Morgan fingerprint density at radius 3 is 2.80 bits per heavy atom. The van der Waals surface area contributed by atoms with E-state index in [-0.39, 0.29) is 30.4 Å². The highest BCUT2D eigenvalue weighted by molar-refractivity contribution is 5.78.